The van der Waals surface area contributed by atoms with Gasteiger partial charge in [0.15, 0.2) is 0 Å². The van der Waals surface area contributed by atoms with Gasteiger partial charge in [0.1, 0.15) is 11.6 Å². The highest BCUT2D eigenvalue weighted by Gasteiger charge is 2.51. The van der Waals surface area contributed by atoms with Gasteiger partial charge in [-0.05, 0) is 37.2 Å². The first-order valence-corrected chi connectivity index (χ1v) is 9.68. The van der Waals surface area contributed by atoms with E-state index in [4.69, 9.17) is 0 Å². The fourth-order valence-corrected chi connectivity index (χ4v) is 4.06. The van der Waals surface area contributed by atoms with E-state index < -0.39 is 0 Å². The van der Waals surface area contributed by atoms with Gasteiger partial charge in [-0.2, -0.15) is 0 Å². The number of amides is 2. The normalized spacial score (nSPS) is 21.0. The van der Waals surface area contributed by atoms with Gasteiger partial charge in [0, 0.05) is 43.1 Å². The van der Waals surface area contributed by atoms with Crippen molar-refractivity contribution >= 4 is 6.03 Å². The van der Waals surface area contributed by atoms with Crippen molar-refractivity contribution in [3.8, 4) is 5.69 Å². The topological polar surface area (TPSA) is 62.2 Å². The molecule has 1 unspecified atom stereocenters. The largest absolute Gasteiger partial charge is 0.334 e. The van der Waals surface area contributed by atoms with Crippen molar-refractivity contribution in [1.82, 2.24) is 25.1 Å². The molecule has 1 aromatic carbocycles. The second-order valence-electron chi connectivity index (χ2n) is 8.13. The number of halogens is 1. The third-order valence-electron chi connectivity index (χ3n) is 5.53. The van der Waals surface area contributed by atoms with Crippen LogP contribution in [0.3, 0.4) is 0 Å². The molecule has 3 heterocycles. The van der Waals surface area contributed by atoms with E-state index in [1.807, 2.05) is 15.7 Å². The quantitative estimate of drug-likeness (QED) is 0.798. The van der Waals surface area contributed by atoms with E-state index in [2.05, 4.69) is 35.5 Å². The Morgan fingerprint density at radius 3 is 2.82 bits per heavy atom. The van der Waals surface area contributed by atoms with Crippen molar-refractivity contribution in [2.75, 3.05) is 26.2 Å². The number of benzene rings is 1. The molecular formula is C21H26FN5O. The Balaban J connectivity index is 1.52. The summed E-state index contributed by atoms with van der Waals surface area (Å²) in [4.78, 5) is 19.2. The van der Waals surface area contributed by atoms with E-state index in [-0.39, 0.29) is 23.3 Å². The fourth-order valence-electron chi connectivity index (χ4n) is 4.06. The molecule has 2 aliphatic heterocycles. The molecule has 0 radical (unpaired) electrons. The molecule has 1 aromatic heterocycles. The molecule has 28 heavy (non-hydrogen) atoms. The van der Waals surface area contributed by atoms with Crippen molar-refractivity contribution in [3.05, 3.63) is 59.9 Å². The molecule has 1 atom stereocenters. The summed E-state index contributed by atoms with van der Waals surface area (Å²) in [5.41, 5.74) is 2.00. The number of likely N-dealkylation sites (tertiary alicyclic amines) is 1. The SMILES string of the molecule is CC1(C)CN(C(=O)NCC2=CCNCC2)C1c1nccn1-c1ccc(F)cc1. The predicted octanol–water partition coefficient (Wildman–Crippen LogP) is 3.02. The third-order valence-corrected chi connectivity index (χ3v) is 5.53. The highest BCUT2D eigenvalue weighted by molar-refractivity contribution is 5.76. The summed E-state index contributed by atoms with van der Waals surface area (Å²) in [5.74, 6) is 0.515. The summed E-state index contributed by atoms with van der Waals surface area (Å²) in [6.45, 7) is 7.34. The Morgan fingerprint density at radius 1 is 1.36 bits per heavy atom. The zero-order chi connectivity index (χ0) is 19.7. The number of urea groups is 1. The van der Waals surface area contributed by atoms with Crippen LogP contribution in [0.1, 0.15) is 32.1 Å². The minimum atomic E-state index is -0.275. The molecule has 2 amide bonds. The average molecular weight is 383 g/mol. The van der Waals surface area contributed by atoms with Gasteiger partial charge in [0.25, 0.3) is 0 Å². The first-order chi connectivity index (χ1) is 13.5. The molecule has 6 nitrogen and oxygen atoms in total. The number of nitrogens with zero attached hydrogens (tertiary/aromatic N) is 3. The van der Waals surface area contributed by atoms with Crippen molar-refractivity contribution in [2.24, 2.45) is 5.41 Å². The summed E-state index contributed by atoms with van der Waals surface area (Å²) in [6, 6.07) is 6.09. The number of hydrogen-bond acceptors (Lipinski definition) is 3. The lowest BCUT2D eigenvalue weighted by molar-refractivity contribution is -0.0220. The number of hydrogen-bond donors (Lipinski definition) is 2. The smallest absolute Gasteiger partial charge is 0.318 e. The van der Waals surface area contributed by atoms with E-state index in [1.54, 1.807) is 18.3 Å². The number of carbonyl (C=O) groups is 1. The van der Waals surface area contributed by atoms with E-state index >= 15 is 0 Å². The number of nitrogens with one attached hydrogen (secondary N) is 2. The molecule has 4 rings (SSSR count). The summed E-state index contributed by atoms with van der Waals surface area (Å²) < 4.78 is 15.2. The molecule has 1 fully saturated rings. The molecule has 0 bridgehead atoms. The van der Waals surface area contributed by atoms with Gasteiger partial charge in [-0.25, -0.2) is 14.2 Å². The molecular weight excluding hydrogens is 357 g/mol. The standard InChI is InChI=1S/C21H26FN5O/c1-21(2)14-27(20(28)25-13-15-7-9-23-10-8-15)18(21)19-24-11-12-26(19)17-5-3-16(22)4-6-17/h3-7,11-12,18,23H,8-10,13-14H2,1-2H3,(H,25,28). The Labute approximate surface area is 164 Å². The summed E-state index contributed by atoms with van der Waals surface area (Å²) >= 11 is 0. The Bertz CT molecular complexity index is 886. The van der Waals surface area contributed by atoms with Crippen LogP contribution in [-0.2, 0) is 0 Å². The lowest BCUT2D eigenvalue weighted by atomic mass is 9.74. The minimum absolute atomic E-state index is 0.0718. The van der Waals surface area contributed by atoms with Crippen LogP contribution in [0, 0.1) is 11.2 Å². The van der Waals surface area contributed by atoms with Crippen LogP contribution in [0.5, 0.6) is 0 Å². The first-order valence-electron chi connectivity index (χ1n) is 9.68. The van der Waals surface area contributed by atoms with Crippen molar-refractivity contribution < 1.29 is 9.18 Å². The van der Waals surface area contributed by atoms with Crippen molar-refractivity contribution in [2.45, 2.75) is 26.3 Å². The molecule has 0 saturated carbocycles. The fraction of sp³-hybridized carbons (Fsp3) is 0.429. The molecule has 7 heteroatoms. The zero-order valence-corrected chi connectivity index (χ0v) is 16.3. The van der Waals surface area contributed by atoms with E-state index in [1.165, 1.54) is 17.7 Å². The van der Waals surface area contributed by atoms with Gasteiger partial charge in [-0.1, -0.05) is 25.5 Å². The maximum Gasteiger partial charge on any atom is 0.318 e. The first kappa shape index (κ1) is 18.7. The predicted molar refractivity (Wildman–Crippen MR) is 106 cm³/mol. The molecule has 2 aromatic rings. The van der Waals surface area contributed by atoms with E-state index in [0.717, 1.165) is 31.0 Å². The minimum Gasteiger partial charge on any atom is -0.334 e. The van der Waals surface area contributed by atoms with Crippen LogP contribution in [-0.4, -0.2) is 46.7 Å². The van der Waals surface area contributed by atoms with Crippen LogP contribution >= 0.6 is 0 Å². The Kier molecular flexibility index (Phi) is 4.93. The van der Waals surface area contributed by atoms with Gasteiger partial charge in [-0.3, -0.25) is 0 Å². The molecule has 0 aliphatic carbocycles. The van der Waals surface area contributed by atoms with Gasteiger partial charge in [-0.15, -0.1) is 0 Å². The van der Waals surface area contributed by atoms with Gasteiger partial charge in [0.05, 0.1) is 6.04 Å². The molecule has 148 valence electrons. The number of aromatic nitrogens is 2. The molecule has 0 spiro atoms. The number of carbonyl (C=O) groups excluding carboxylic acids is 1. The summed E-state index contributed by atoms with van der Waals surface area (Å²) in [7, 11) is 0. The summed E-state index contributed by atoms with van der Waals surface area (Å²) in [5, 5.41) is 6.33. The van der Waals surface area contributed by atoms with Crippen LogP contribution in [0.25, 0.3) is 5.69 Å². The highest BCUT2D eigenvalue weighted by atomic mass is 19.1. The third kappa shape index (κ3) is 3.54. The number of rotatable bonds is 4. The number of imidazole rings is 1. The highest BCUT2D eigenvalue weighted by Crippen LogP contribution is 2.48. The second-order valence-corrected chi connectivity index (χ2v) is 8.13. The zero-order valence-electron chi connectivity index (χ0n) is 16.3. The van der Waals surface area contributed by atoms with Gasteiger partial charge >= 0.3 is 6.03 Å². The lowest BCUT2D eigenvalue weighted by Crippen LogP contribution is -2.61. The van der Waals surface area contributed by atoms with E-state index in [0.29, 0.717) is 13.1 Å². The van der Waals surface area contributed by atoms with Crippen LogP contribution < -0.4 is 10.6 Å². The Hall–Kier alpha value is -2.67. The maximum absolute atomic E-state index is 13.3. The Morgan fingerprint density at radius 2 is 2.14 bits per heavy atom. The summed E-state index contributed by atoms with van der Waals surface area (Å²) in [6.07, 6.45) is 6.68. The van der Waals surface area contributed by atoms with Gasteiger partial charge < -0.3 is 20.1 Å². The van der Waals surface area contributed by atoms with Crippen LogP contribution in [0.2, 0.25) is 0 Å². The van der Waals surface area contributed by atoms with Crippen LogP contribution in [0.4, 0.5) is 9.18 Å². The molecule has 2 aliphatic rings. The molecule has 2 N–H and O–H groups in total. The molecule has 1 saturated heterocycles. The lowest BCUT2D eigenvalue weighted by Gasteiger charge is -2.53. The second kappa shape index (κ2) is 7.39. The van der Waals surface area contributed by atoms with Gasteiger partial charge in [0.2, 0.25) is 0 Å². The van der Waals surface area contributed by atoms with Crippen LogP contribution in [0.15, 0.2) is 48.3 Å². The monoisotopic (exact) mass is 383 g/mol. The van der Waals surface area contributed by atoms with Crippen molar-refractivity contribution in [1.29, 1.82) is 0 Å². The maximum atomic E-state index is 13.3. The average Bonchev–Trinajstić information content (AvgIpc) is 3.14. The van der Waals surface area contributed by atoms with E-state index in [9.17, 15) is 9.18 Å². The van der Waals surface area contributed by atoms with Crippen molar-refractivity contribution in [3.63, 3.8) is 0 Å².